The van der Waals surface area contributed by atoms with Crippen molar-refractivity contribution >= 4 is 17.4 Å². The van der Waals surface area contributed by atoms with E-state index in [2.05, 4.69) is 10.3 Å². The molecule has 0 radical (unpaired) electrons. The Morgan fingerprint density at radius 1 is 1.27 bits per heavy atom. The molecular formula is C15H12ClF3N2O. The molecule has 0 saturated carbocycles. The summed E-state index contributed by atoms with van der Waals surface area (Å²) in [5.74, 6) is 0.121. The minimum absolute atomic E-state index is 0.121. The highest BCUT2D eigenvalue weighted by molar-refractivity contribution is 6.33. The molecule has 0 aliphatic heterocycles. The standard InChI is InChI=1S/C15H12ClF3N2O/c16-11-6-9(15(17,18)19)7-20-14(11)21-13-10-4-2-1-3-8(10)5-12(13)22/h1-4,6-7,12-13,22H,5H2,(H,20,21)/t12-,13+/m1/s1. The summed E-state index contributed by atoms with van der Waals surface area (Å²) in [5.41, 5.74) is 0.985. The van der Waals surface area contributed by atoms with Crippen molar-refractivity contribution < 1.29 is 18.3 Å². The molecule has 3 nitrogen and oxygen atoms in total. The molecule has 3 rings (SSSR count). The van der Waals surface area contributed by atoms with Crippen molar-refractivity contribution in [1.29, 1.82) is 0 Å². The van der Waals surface area contributed by atoms with Crippen molar-refractivity contribution in [3.8, 4) is 0 Å². The molecule has 0 saturated heterocycles. The van der Waals surface area contributed by atoms with Crippen molar-refractivity contribution in [3.63, 3.8) is 0 Å². The second-order valence-corrected chi connectivity index (χ2v) is 5.55. The van der Waals surface area contributed by atoms with Crippen molar-refractivity contribution in [2.75, 3.05) is 5.32 Å². The van der Waals surface area contributed by atoms with Gasteiger partial charge in [0.2, 0.25) is 0 Å². The summed E-state index contributed by atoms with van der Waals surface area (Å²) in [5, 5.41) is 12.9. The lowest BCUT2D eigenvalue weighted by molar-refractivity contribution is -0.137. The number of fused-ring (bicyclic) bond motifs is 1. The fourth-order valence-electron chi connectivity index (χ4n) is 2.59. The zero-order valence-corrected chi connectivity index (χ0v) is 12.0. The normalized spacial score (nSPS) is 20.8. The number of rotatable bonds is 2. The Labute approximate surface area is 129 Å². The number of nitrogens with zero attached hydrogens (tertiary/aromatic N) is 1. The van der Waals surface area contributed by atoms with Gasteiger partial charge in [0.25, 0.3) is 0 Å². The summed E-state index contributed by atoms with van der Waals surface area (Å²) in [6.07, 6.45) is -3.97. The van der Waals surface area contributed by atoms with Gasteiger partial charge in [-0.3, -0.25) is 0 Å². The molecule has 1 heterocycles. The lowest BCUT2D eigenvalue weighted by Gasteiger charge is -2.19. The molecular weight excluding hydrogens is 317 g/mol. The maximum absolute atomic E-state index is 12.6. The first-order valence-corrected chi connectivity index (χ1v) is 6.99. The van der Waals surface area contributed by atoms with E-state index < -0.39 is 23.9 Å². The second-order valence-electron chi connectivity index (χ2n) is 5.14. The Morgan fingerprint density at radius 2 is 2.00 bits per heavy atom. The third kappa shape index (κ3) is 2.76. The van der Waals surface area contributed by atoms with E-state index in [-0.39, 0.29) is 10.8 Å². The highest BCUT2D eigenvalue weighted by Gasteiger charge is 2.33. The van der Waals surface area contributed by atoms with Crippen LogP contribution in [0.25, 0.3) is 0 Å². The zero-order chi connectivity index (χ0) is 15.9. The lowest BCUT2D eigenvalue weighted by Crippen LogP contribution is -2.22. The van der Waals surface area contributed by atoms with Crippen LogP contribution >= 0.6 is 11.6 Å². The van der Waals surface area contributed by atoms with Crippen LogP contribution in [0.2, 0.25) is 5.02 Å². The van der Waals surface area contributed by atoms with Crippen LogP contribution in [0, 0.1) is 0 Å². The Kier molecular flexibility index (Phi) is 3.74. The number of hydrogen-bond acceptors (Lipinski definition) is 3. The van der Waals surface area contributed by atoms with Gasteiger partial charge in [-0.25, -0.2) is 4.98 Å². The van der Waals surface area contributed by atoms with Gasteiger partial charge >= 0.3 is 6.18 Å². The lowest BCUT2D eigenvalue weighted by atomic mass is 10.1. The summed E-state index contributed by atoms with van der Waals surface area (Å²) in [6, 6.07) is 7.86. The Bertz CT molecular complexity index is 705. The van der Waals surface area contributed by atoms with Gasteiger partial charge in [0.05, 0.1) is 22.7 Å². The van der Waals surface area contributed by atoms with E-state index in [4.69, 9.17) is 11.6 Å². The van der Waals surface area contributed by atoms with Crippen molar-refractivity contribution in [1.82, 2.24) is 4.98 Å². The maximum atomic E-state index is 12.6. The fourth-order valence-corrected chi connectivity index (χ4v) is 2.82. The number of halogens is 4. The largest absolute Gasteiger partial charge is 0.417 e. The monoisotopic (exact) mass is 328 g/mol. The second kappa shape index (κ2) is 5.44. The minimum atomic E-state index is -4.49. The van der Waals surface area contributed by atoms with Crippen molar-refractivity contribution in [3.05, 3.63) is 58.2 Å². The number of aliphatic hydroxyl groups excluding tert-OH is 1. The summed E-state index contributed by atoms with van der Waals surface area (Å²) in [6.45, 7) is 0. The van der Waals surface area contributed by atoms with E-state index in [0.717, 1.165) is 23.4 Å². The van der Waals surface area contributed by atoms with Gasteiger partial charge in [0.1, 0.15) is 5.82 Å². The average molecular weight is 329 g/mol. The number of nitrogens with one attached hydrogen (secondary N) is 1. The van der Waals surface area contributed by atoms with Crippen LogP contribution in [0.15, 0.2) is 36.5 Å². The molecule has 1 aliphatic rings. The number of anilines is 1. The van der Waals surface area contributed by atoms with Gasteiger partial charge in [-0.1, -0.05) is 35.9 Å². The van der Waals surface area contributed by atoms with Gasteiger partial charge in [-0.05, 0) is 17.2 Å². The first-order valence-electron chi connectivity index (χ1n) is 6.61. The Hall–Kier alpha value is -1.79. The van der Waals surface area contributed by atoms with E-state index in [0.29, 0.717) is 6.42 Å². The molecule has 2 aromatic rings. The molecule has 116 valence electrons. The fraction of sp³-hybridized carbons (Fsp3) is 0.267. The Balaban J connectivity index is 1.88. The number of aliphatic hydroxyl groups is 1. The predicted octanol–water partition coefficient (Wildman–Crippen LogP) is 3.82. The van der Waals surface area contributed by atoms with Crippen LogP contribution in [0.1, 0.15) is 22.7 Å². The molecule has 0 unspecified atom stereocenters. The van der Waals surface area contributed by atoms with E-state index in [9.17, 15) is 18.3 Å². The number of alkyl halides is 3. The first kappa shape index (κ1) is 15.1. The summed E-state index contributed by atoms with van der Waals surface area (Å²) in [4.78, 5) is 3.74. The molecule has 1 aliphatic carbocycles. The van der Waals surface area contributed by atoms with Crippen LogP contribution in [-0.4, -0.2) is 16.2 Å². The van der Waals surface area contributed by atoms with Gasteiger partial charge < -0.3 is 10.4 Å². The number of benzene rings is 1. The van der Waals surface area contributed by atoms with E-state index in [1.165, 1.54) is 0 Å². The molecule has 0 fully saturated rings. The third-order valence-corrected chi connectivity index (χ3v) is 3.95. The molecule has 0 spiro atoms. The van der Waals surface area contributed by atoms with E-state index in [1.807, 2.05) is 24.3 Å². The van der Waals surface area contributed by atoms with Gasteiger partial charge in [0, 0.05) is 12.6 Å². The highest BCUT2D eigenvalue weighted by Crippen LogP contribution is 2.37. The first-order chi connectivity index (χ1) is 10.4. The SMILES string of the molecule is O[C@@H]1Cc2ccccc2[C@@H]1Nc1ncc(C(F)(F)F)cc1Cl. The quantitative estimate of drug-likeness (QED) is 0.881. The van der Waals surface area contributed by atoms with Gasteiger partial charge in [-0.15, -0.1) is 0 Å². The van der Waals surface area contributed by atoms with Crippen LogP contribution in [0.4, 0.5) is 19.0 Å². The predicted molar refractivity (Wildman–Crippen MR) is 76.8 cm³/mol. The minimum Gasteiger partial charge on any atom is -0.390 e. The zero-order valence-electron chi connectivity index (χ0n) is 11.2. The summed E-state index contributed by atoms with van der Waals surface area (Å²) >= 11 is 5.88. The number of aromatic nitrogens is 1. The van der Waals surface area contributed by atoms with Crippen LogP contribution < -0.4 is 5.32 Å². The highest BCUT2D eigenvalue weighted by atomic mass is 35.5. The topological polar surface area (TPSA) is 45.1 Å². The van der Waals surface area contributed by atoms with Crippen molar-refractivity contribution in [2.45, 2.75) is 24.7 Å². The molecule has 0 bridgehead atoms. The molecule has 2 N–H and O–H groups in total. The van der Waals surface area contributed by atoms with E-state index >= 15 is 0 Å². The maximum Gasteiger partial charge on any atom is 0.417 e. The van der Waals surface area contributed by atoms with E-state index in [1.54, 1.807) is 0 Å². The molecule has 1 aromatic heterocycles. The molecule has 0 amide bonds. The smallest absolute Gasteiger partial charge is 0.390 e. The Morgan fingerprint density at radius 3 is 2.68 bits per heavy atom. The third-order valence-electron chi connectivity index (χ3n) is 3.66. The van der Waals surface area contributed by atoms with Crippen LogP contribution in [0.3, 0.4) is 0 Å². The van der Waals surface area contributed by atoms with Crippen molar-refractivity contribution in [2.24, 2.45) is 0 Å². The van der Waals surface area contributed by atoms with Gasteiger partial charge in [0.15, 0.2) is 0 Å². The molecule has 7 heteroatoms. The molecule has 2 atom stereocenters. The van der Waals surface area contributed by atoms with Crippen LogP contribution in [0.5, 0.6) is 0 Å². The molecule has 1 aromatic carbocycles. The number of hydrogen-bond donors (Lipinski definition) is 2. The summed E-state index contributed by atoms with van der Waals surface area (Å²) < 4.78 is 37.8. The molecule has 22 heavy (non-hydrogen) atoms. The summed E-state index contributed by atoms with van der Waals surface area (Å²) in [7, 11) is 0. The average Bonchev–Trinajstić information content (AvgIpc) is 2.76. The van der Waals surface area contributed by atoms with Gasteiger partial charge in [-0.2, -0.15) is 13.2 Å². The number of pyridine rings is 1. The van der Waals surface area contributed by atoms with Crippen LogP contribution in [-0.2, 0) is 12.6 Å².